The molecule has 2 N–H and O–H groups in total. The van der Waals surface area contributed by atoms with E-state index >= 15 is 0 Å². The molecule has 0 radical (unpaired) electrons. The van der Waals surface area contributed by atoms with Crippen LogP contribution in [0.5, 0.6) is 0 Å². The van der Waals surface area contributed by atoms with Gasteiger partial charge in [-0.2, -0.15) is 0 Å². The van der Waals surface area contributed by atoms with Crippen molar-refractivity contribution in [2.75, 3.05) is 0 Å². The molecule has 0 aliphatic heterocycles. The summed E-state index contributed by atoms with van der Waals surface area (Å²) in [6.45, 7) is 6.35. The lowest BCUT2D eigenvalue weighted by Gasteiger charge is -2.20. The fraction of sp³-hybridized carbons (Fsp3) is 0.364. The monoisotopic (exact) mass is 312 g/mol. The average Bonchev–Trinajstić information content (AvgIpc) is 2.73. The summed E-state index contributed by atoms with van der Waals surface area (Å²) < 4.78 is 1.38. The van der Waals surface area contributed by atoms with Gasteiger partial charge in [0, 0.05) is 23.5 Å². The Kier molecular flexibility index (Phi) is 3.18. The van der Waals surface area contributed by atoms with Crippen LogP contribution in [0.1, 0.15) is 26.5 Å². The topological polar surface area (TPSA) is 57.4 Å². The Hall–Kier alpha value is -1.01. The average molecular weight is 313 g/mol. The molecule has 0 aliphatic rings. The number of rotatable bonds is 1. The van der Waals surface area contributed by atoms with E-state index in [1.165, 1.54) is 0 Å². The van der Waals surface area contributed by atoms with Crippen LogP contribution >= 0.6 is 28.1 Å². The van der Waals surface area contributed by atoms with Gasteiger partial charge < -0.3 is 9.97 Å². The van der Waals surface area contributed by atoms with Crippen LogP contribution in [0.3, 0.4) is 0 Å². The molecule has 0 amide bonds. The predicted octanol–water partition coefficient (Wildman–Crippen LogP) is 3.59. The molecular weight excluding hydrogens is 300 g/mol. The van der Waals surface area contributed by atoms with E-state index in [0.29, 0.717) is 16.3 Å². The molecule has 0 fully saturated rings. The van der Waals surface area contributed by atoms with Gasteiger partial charge in [0.15, 0.2) is 11.6 Å². The van der Waals surface area contributed by atoms with E-state index in [2.05, 4.69) is 56.6 Å². The maximum absolute atomic E-state index is 5.25. The normalized spacial score (nSPS) is 11.8. The van der Waals surface area contributed by atoms with E-state index in [1.807, 2.05) is 0 Å². The van der Waals surface area contributed by atoms with Crippen molar-refractivity contribution in [2.24, 2.45) is 0 Å². The molecule has 0 bridgehead atoms. The molecule has 2 aromatic heterocycles. The number of aromatic nitrogens is 4. The number of nitrogens with zero attached hydrogens (tertiary/aromatic N) is 2. The van der Waals surface area contributed by atoms with E-state index in [9.17, 15) is 0 Å². The van der Waals surface area contributed by atoms with Gasteiger partial charge in [0.1, 0.15) is 4.64 Å². The first-order valence-electron chi connectivity index (χ1n) is 5.19. The largest absolute Gasteiger partial charge is 0.342 e. The number of H-pyrrole nitrogens is 2. The van der Waals surface area contributed by atoms with E-state index in [1.54, 1.807) is 12.4 Å². The third-order valence-corrected chi connectivity index (χ3v) is 3.67. The van der Waals surface area contributed by atoms with Gasteiger partial charge in [-0.25, -0.2) is 9.97 Å². The molecule has 0 spiro atoms. The highest BCUT2D eigenvalue weighted by Crippen LogP contribution is 2.29. The molecule has 2 aromatic rings. The van der Waals surface area contributed by atoms with Crippen LogP contribution < -0.4 is 0 Å². The molecule has 0 atom stereocenters. The van der Waals surface area contributed by atoms with Crippen molar-refractivity contribution in [3.8, 4) is 11.6 Å². The van der Waals surface area contributed by atoms with Crippen LogP contribution in [-0.2, 0) is 5.41 Å². The standard InChI is InChI=1S/C11H13BrN4S/c1-11(2,3)7-6(12)10(17)16-9(15-7)8-13-4-5-14-8/h4-5H,1-3H3,(H,13,14)(H,15,16,17). The highest BCUT2D eigenvalue weighted by atomic mass is 79.9. The zero-order chi connectivity index (χ0) is 12.6. The summed E-state index contributed by atoms with van der Waals surface area (Å²) in [6, 6.07) is 0. The minimum absolute atomic E-state index is 0.0450. The smallest absolute Gasteiger partial charge is 0.175 e. The molecule has 0 aromatic carbocycles. The predicted molar refractivity (Wildman–Crippen MR) is 73.4 cm³/mol. The van der Waals surface area contributed by atoms with Crippen LogP contribution in [-0.4, -0.2) is 19.9 Å². The van der Waals surface area contributed by atoms with Gasteiger partial charge in [0.2, 0.25) is 0 Å². The lowest BCUT2D eigenvalue weighted by molar-refractivity contribution is 0.563. The van der Waals surface area contributed by atoms with Crippen molar-refractivity contribution in [2.45, 2.75) is 26.2 Å². The SMILES string of the molecule is CC(C)(C)c1[nH]c(-c2ncc[nH]2)nc(=S)c1Br. The summed E-state index contributed by atoms with van der Waals surface area (Å²) in [5.41, 5.74) is 0.973. The Morgan fingerprint density at radius 1 is 1.29 bits per heavy atom. The van der Waals surface area contributed by atoms with Crippen molar-refractivity contribution >= 4 is 28.1 Å². The number of hydrogen-bond acceptors (Lipinski definition) is 3. The molecular formula is C11H13BrN4S. The molecule has 0 unspecified atom stereocenters. The first kappa shape index (κ1) is 12.4. The Balaban J connectivity index is 2.67. The number of aromatic amines is 2. The lowest BCUT2D eigenvalue weighted by Crippen LogP contribution is -2.16. The Bertz CT molecular complexity index is 581. The maximum atomic E-state index is 5.25. The van der Waals surface area contributed by atoms with Crippen LogP contribution in [0.4, 0.5) is 0 Å². The third kappa shape index (κ3) is 2.47. The van der Waals surface area contributed by atoms with Crippen molar-refractivity contribution in [1.29, 1.82) is 0 Å². The molecule has 2 heterocycles. The van der Waals surface area contributed by atoms with E-state index < -0.39 is 0 Å². The highest BCUT2D eigenvalue weighted by molar-refractivity contribution is 9.10. The van der Waals surface area contributed by atoms with Gasteiger partial charge in [-0.1, -0.05) is 33.0 Å². The van der Waals surface area contributed by atoms with Gasteiger partial charge in [0.25, 0.3) is 0 Å². The summed E-state index contributed by atoms with van der Waals surface area (Å²) in [5, 5.41) is 0. The fourth-order valence-corrected chi connectivity index (χ4v) is 2.46. The highest BCUT2D eigenvalue weighted by Gasteiger charge is 2.20. The molecule has 2 rings (SSSR count). The fourth-order valence-electron chi connectivity index (χ4n) is 1.48. The first-order chi connectivity index (χ1) is 7.89. The molecule has 4 nitrogen and oxygen atoms in total. The van der Waals surface area contributed by atoms with E-state index in [4.69, 9.17) is 12.2 Å². The zero-order valence-electron chi connectivity index (χ0n) is 9.84. The Morgan fingerprint density at radius 3 is 2.53 bits per heavy atom. The third-order valence-electron chi connectivity index (χ3n) is 2.34. The molecule has 6 heteroatoms. The summed E-state index contributed by atoms with van der Waals surface area (Å²) in [7, 11) is 0. The van der Waals surface area contributed by atoms with Crippen molar-refractivity contribution < 1.29 is 0 Å². The first-order valence-corrected chi connectivity index (χ1v) is 6.40. The van der Waals surface area contributed by atoms with Gasteiger partial charge >= 0.3 is 0 Å². The Morgan fingerprint density at radius 2 is 2.00 bits per heavy atom. The second-order valence-electron chi connectivity index (χ2n) is 4.77. The summed E-state index contributed by atoms with van der Waals surface area (Å²) >= 11 is 8.74. The van der Waals surface area contributed by atoms with E-state index in [0.717, 1.165) is 10.2 Å². The second kappa shape index (κ2) is 4.34. The van der Waals surface area contributed by atoms with Crippen LogP contribution in [0.2, 0.25) is 0 Å². The van der Waals surface area contributed by atoms with Crippen molar-refractivity contribution in [1.82, 2.24) is 19.9 Å². The Labute approximate surface area is 113 Å². The van der Waals surface area contributed by atoms with E-state index in [-0.39, 0.29) is 5.41 Å². The summed E-state index contributed by atoms with van der Waals surface area (Å²) in [5.74, 6) is 1.35. The quantitative estimate of drug-likeness (QED) is 0.791. The molecule has 0 aliphatic carbocycles. The van der Waals surface area contributed by atoms with Crippen LogP contribution in [0, 0.1) is 4.64 Å². The second-order valence-corrected chi connectivity index (χ2v) is 5.95. The number of halogens is 1. The van der Waals surface area contributed by atoms with Crippen LogP contribution in [0.25, 0.3) is 11.6 Å². The number of imidazole rings is 1. The van der Waals surface area contributed by atoms with Gasteiger partial charge in [-0.05, 0) is 15.9 Å². The molecule has 90 valence electrons. The molecule has 0 saturated carbocycles. The number of hydrogen-bond donors (Lipinski definition) is 2. The van der Waals surface area contributed by atoms with Gasteiger partial charge in [-0.3, -0.25) is 0 Å². The lowest BCUT2D eigenvalue weighted by atomic mass is 9.92. The number of nitrogens with one attached hydrogen (secondary N) is 2. The summed E-state index contributed by atoms with van der Waals surface area (Å²) in [4.78, 5) is 14.8. The maximum Gasteiger partial charge on any atom is 0.175 e. The van der Waals surface area contributed by atoms with Crippen molar-refractivity contribution in [3.05, 3.63) is 27.2 Å². The van der Waals surface area contributed by atoms with Gasteiger partial charge in [0.05, 0.1) is 4.47 Å². The van der Waals surface area contributed by atoms with Crippen LogP contribution in [0.15, 0.2) is 16.9 Å². The minimum atomic E-state index is -0.0450. The van der Waals surface area contributed by atoms with Gasteiger partial charge in [-0.15, -0.1) is 0 Å². The summed E-state index contributed by atoms with van der Waals surface area (Å²) in [6.07, 6.45) is 3.44. The molecule has 0 saturated heterocycles. The zero-order valence-corrected chi connectivity index (χ0v) is 12.2. The molecule has 17 heavy (non-hydrogen) atoms. The van der Waals surface area contributed by atoms with Crippen molar-refractivity contribution in [3.63, 3.8) is 0 Å². The minimum Gasteiger partial charge on any atom is -0.342 e.